The summed E-state index contributed by atoms with van der Waals surface area (Å²) in [4.78, 5) is 2.65. The maximum Gasteiger partial charge on any atom is 0.124 e. The van der Waals surface area contributed by atoms with E-state index in [1.165, 1.54) is 15.3 Å². The fourth-order valence-electron chi connectivity index (χ4n) is 2.29. The molecule has 0 fully saturated rings. The number of hydrogen-bond donors (Lipinski definition) is 2. The Morgan fingerprint density at radius 2 is 2.00 bits per heavy atom. The van der Waals surface area contributed by atoms with Gasteiger partial charge in [0, 0.05) is 28.4 Å². The number of methoxy groups -OCH3 is 1. The summed E-state index contributed by atoms with van der Waals surface area (Å²) in [5.74, 6) is 0.734. The van der Waals surface area contributed by atoms with E-state index in [4.69, 9.17) is 4.74 Å². The van der Waals surface area contributed by atoms with Gasteiger partial charge in [-0.15, -0.1) is 11.3 Å². The molecule has 1 aromatic heterocycles. The molecule has 0 aliphatic rings. The smallest absolute Gasteiger partial charge is 0.124 e. The summed E-state index contributed by atoms with van der Waals surface area (Å²) in [5, 5.41) is 13.7. The van der Waals surface area contributed by atoms with Gasteiger partial charge >= 0.3 is 0 Å². The fraction of sp³-hybridized carbons (Fsp3) is 0.412. The third kappa shape index (κ3) is 4.06. The first kappa shape index (κ1) is 16.0. The summed E-state index contributed by atoms with van der Waals surface area (Å²) < 4.78 is 5.32. The lowest BCUT2D eigenvalue weighted by Gasteiger charge is -2.16. The van der Waals surface area contributed by atoms with E-state index in [1.807, 2.05) is 25.1 Å². The van der Waals surface area contributed by atoms with E-state index in [-0.39, 0.29) is 0 Å². The standard InChI is InChI=1S/C17H23NO2S/c1-11-5-6-17(20-4)15(7-11)16(19)10-18-9-14-8-12(2)13(3)21-14/h5-8,16,18-19H,9-10H2,1-4H3. The van der Waals surface area contributed by atoms with Crippen molar-refractivity contribution in [2.45, 2.75) is 33.4 Å². The molecule has 0 aliphatic carbocycles. The minimum atomic E-state index is -0.568. The number of ether oxygens (including phenoxy) is 1. The Labute approximate surface area is 130 Å². The maximum absolute atomic E-state index is 10.4. The van der Waals surface area contributed by atoms with Crippen molar-refractivity contribution in [1.82, 2.24) is 5.32 Å². The van der Waals surface area contributed by atoms with E-state index in [1.54, 1.807) is 18.4 Å². The highest BCUT2D eigenvalue weighted by atomic mass is 32.1. The number of nitrogens with one attached hydrogen (secondary N) is 1. The Morgan fingerprint density at radius 3 is 2.62 bits per heavy atom. The van der Waals surface area contributed by atoms with Gasteiger partial charge in [-0.25, -0.2) is 0 Å². The van der Waals surface area contributed by atoms with Crippen LogP contribution in [-0.4, -0.2) is 18.8 Å². The molecule has 0 bridgehead atoms. The summed E-state index contributed by atoms with van der Waals surface area (Å²) in [6, 6.07) is 8.07. The molecule has 0 saturated heterocycles. The van der Waals surface area contributed by atoms with Gasteiger partial charge < -0.3 is 15.2 Å². The van der Waals surface area contributed by atoms with E-state index >= 15 is 0 Å². The van der Waals surface area contributed by atoms with Gasteiger partial charge in [-0.3, -0.25) is 0 Å². The molecule has 1 atom stereocenters. The highest BCUT2D eigenvalue weighted by Gasteiger charge is 2.13. The minimum absolute atomic E-state index is 0.510. The first-order valence-corrected chi connectivity index (χ1v) is 7.92. The van der Waals surface area contributed by atoms with E-state index < -0.39 is 6.10 Å². The molecule has 0 amide bonds. The summed E-state index contributed by atoms with van der Waals surface area (Å²) in [6.45, 7) is 7.57. The number of hydrogen-bond acceptors (Lipinski definition) is 4. The van der Waals surface area contributed by atoms with Crippen LogP contribution in [0.2, 0.25) is 0 Å². The maximum atomic E-state index is 10.4. The number of benzene rings is 1. The van der Waals surface area contributed by atoms with Crippen molar-refractivity contribution >= 4 is 11.3 Å². The first-order valence-electron chi connectivity index (χ1n) is 7.10. The van der Waals surface area contributed by atoms with Gasteiger partial charge in [0.2, 0.25) is 0 Å². The average molecular weight is 305 g/mol. The van der Waals surface area contributed by atoms with Gasteiger partial charge in [-0.2, -0.15) is 0 Å². The molecule has 0 aliphatic heterocycles. The molecule has 1 unspecified atom stereocenters. The average Bonchev–Trinajstić information content (AvgIpc) is 2.77. The van der Waals surface area contributed by atoms with Crippen LogP contribution in [0, 0.1) is 20.8 Å². The van der Waals surface area contributed by atoms with E-state index in [0.717, 1.165) is 23.4 Å². The molecule has 1 aromatic carbocycles. The lowest BCUT2D eigenvalue weighted by Crippen LogP contribution is -2.21. The zero-order valence-corrected chi connectivity index (χ0v) is 13.9. The number of rotatable bonds is 6. The highest BCUT2D eigenvalue weighted by molar-refractivity contribution is 7.12. The lowest BCUT2D eigenvalue weighted by atomic mass is 10.1. The van der Waals surface area contributed by atoms with Crippen LogP contribution in [0.1, 0.15) is 32.5 Å². The molecule has 3 nitrogen and oxygen atoms in total. The van der Waals surface area contributed by atoms with Crippen molar-refractivity contribution in [3.63, 3.8) is 0 Å². The molecule has 2 aromatic rings. The van der Waals surface area contributed by atoms with Crippen LogP contribution in [0.4, 0.5) is 0 Å². The van der Waals surface area contributed by atoms with Crippen molar-refractivity contribution in [3.05, 3.63) is 50.7 Å². The second-order valence-corrected chi connectivity index (χ2v) is 6.68. The van der Waals surface area contributed by atoms with Crippen LogP contribution in [0.3, 0.4) is 0 Å². The monoisotopic (exact) mass is 305 g/mol. The van der Waals surface area contributed by atoms with Gasteiger partial charge in [0.15, 0.2) is 0 Å². The van der Waals surface area contributed by atoms with Crippen LogP contribution in [0.5, 0.6) is 5.75 Å². The van der Waals surface area contributed by atoms with Crippen LogP contribution in [0.15, 0.2) is 24.3 Å². The van der Waals surface area contributed by atoms with Crippen molar-refractivity contribution in [3.8, 4) is 5.75 Å². The van der Waals surface area contributed by atoms with Crippen LogP contribution in [-0.2, 0) is 6.54 Å². The van der Waals surface area contributed by atoms with E-state index in [2.05, 4.69) is 25.2 Å². The molecule has 1 heterocycles. The first-order chi connectivity index (χ1) is 10.0. The summed E-state index contributed by atoms with van der Waals surface area (Å²) in [5.41, 5.74) is 3.29. The molecular weight excluding hydrogens is 282 g/mol. The molecular formula is C17H23NO2S. The van der Waals surface area contributed by atoms with E-state index in [0.29, 0.717) is 6.54 Å². The molecule has 4 heteroatoms. The van der Waals surface area contributed by atoms with Gasteiger partial charge in [0.25, 0.3) is 0 Å². The Hall–Kier alpha value is -1.36. The van der Waals surface area contributed by atoms with Crippen LogP contribution >= 0.6 is 11.3 Å². The zero-order chi connectivity index (χ0) is 15.4. The third-order valence-electron chi connectivity index (χ3n) is 3.60. The topological polar surface area (TPSA) is 41.5 Å². The van der Waals surface area contributed by atoms with Crippen molar-refractivity contribution in [1.29, 1.82) is 0 Å². The fourth-order valence-corrected chi connectivity index (χ4v) is 3.32. The molecule has 0 spiro atoms. The molecule has 2 rings (SSSR count). The quantitative estimate of drug-likeness (QED) is 0.858. The van der Waals surface area contributed by atoms with Gasteiger partial charge in [0.1, 0.15) is 5.75 Å². The third-order valence-corrected chi connectivity index (χ3v) is 4.75. The molecule has 21 heavy (non-hydrogen) atoms. The summed E-state index contributed by atoms with van der Waals surface area (Å²) in [7, 11) is 1.63. The second-order valence-electron chi connectivity index (χ2n) is 5.34. The van der Waals surface area contributed by atoms with Crippen molar-refractivity contribution < 1.29 is 9.84 Å². The Kier molecular flexibility index (Phi) is 5.39. The molecule has 2 N–H and O–H groups in total. The predicted molar refractivity (Wildman–Crippen MR) is 88.2 cm³/mol. The van der Waals surface area contributed by atoms with Gasteiger partial charge in [0.05, 0.1) is 13.2 Å². The van der Waals surface area contributed by atoms with Crippen LogP contribution in [0.25, 0.3) is 0 Å². The van der Waals surface area contributed by atoms with Gasteiger partial charge in [-0.05, 0) is 44.5 Å². The summed E-state index contributed by atoms with van der Waals surface area (Å²) in [6.07, 6.45) is -0.568. The Morgan fingerprint density at radius 1 is 1.24 bits per heavy atom. The number of thiophene rings is 1. The lowest BCUT2D eigenvalue weighted by molar-refractivity contribution is 0.170. The van der Waals surface area contributed by atoms with Crippen molar-refractivity contribution in [2.24, 2.45) is 0 Å². The summed E-state index contributed by atoms with van der Waals surface area (Å²) >= 11 is 1.80. The normalized spacial score (nSPS) is 12.4. The molecule has 114 valence electrons. The Bertz CT molecular complexity index is 587. The SMILES string of the molecule is COc1ccc(C)cc1C(O)CNCc1cc(C)c(C)s1. The van der Waals surface area contributed by atoms with Crippen LogP contribution < -0.4 is 10.1 Å². The Balaban J connectivity index is 1.95. The number of aryl methyl sites for hydroxylation is 3. The zero-order valence-electron chi connectivity index (χ0n) is 13.1. The number of aliphatic hydroxyl groups excluding tert-OH is 1. The van der Waals surface area contributed by atoms with E-state index in [9.17, 15) is 5.11 Å². The second kappa shape index (κ2) is 7.07. The predicted octanol–water partition coefficient (Wildman–Crippen LogP) is 3.51. The van der Waals surface area contributed by atoms with Gasteiger partial charge in [-0.1, -0.05) is 11.6 Å². The minimum Gasteiger partial charge on any atom is -0.496 e. The van der Waals surface area contributed by atoms with Crippen molar-refractivity contribution in [2.75, 3.05) is 13.7 Å². The largest absolute Gasteiger partial charge is 0.496 e. The highest BCUT2D eigenvalue weighted by Crippen LogP contribution is 2.26. The molecule has 0 radical (unpaired) electrons. The molecule has 0 saturated carbocycles. The number of aliphatic hydroxyl groups is 1.